The van der Waals surface area contributed by atoms with E-state index in [1.165, 1.54) is 0 Å². The molecular weight excluding hydrogens is 418 g/mol. The smallest absolute Gasteiger partial charge is 0.517 e. The number of aryl methyl sites for hydroxylation is 2. The molecule has 0 bridgehead atoms. The topological polar surface area (TPSA) is 50.8 Å². The molecule has 0 atom stereocenters. The maximum absolute atomic E-state index is 13.5. The third kappa shape index (κ3) is 4.06. The lowest BCUT2D eigenvalue weighted by molar-refractivity contribution is -0.222. The Hall–Kier alpha value is -1.97. The second-order valence-electron chi connectivity index (χ2n) is 6.65. The van der Waals surface area contributed by atoms with Gasteiger partial charge in [-0.05, 0) is 73.5 Å². The van der Waals surface area contributed by atoms with Crippen LogP contribution in [-0.4, -0.2) is 0 Å². The Kier molecular flexibility index (Phi) is 5.15. The molecule has 0 amide bonds. The van der Waals surface area contributed by atoms with Crippen molar-refractivity contribution in [3.05, 3.63) is 86.9 Å². The largest absolute Gasteiger partial charge is 0.583 e. The van der Waals surface area contributed by atoms with Crippen molar-refractivity contribution in [2.75, 3.05) is 0 Å². The summed E-state index contributed by atoms with van der Waals surface area (Å²) in [5.41, 5.74) is 3.65. The normalized spacial score (nSPS) is 14.6. The second kappa shape index (κ2) is 7.46. The molecule has 0 fully saturated rings. The van der Waals surface area contributed by atoms with Crippen molar-refractivity contribution in [3.63, 3.8) is 0 Å². The number of halogens is 2. The first-order valence-corrected chi connectivity index (χ1v) is 10.9. The minimum Gasteiger partial charge on any atom is -0.583 e. The highest BCUT2D eigenvalue weighted by atomic mass is 35.5. The molecule has 0 saturated heterocycles. The molecule has 3 aromatic rings. The monoisotopic (exact) mass is 434 g/mol. The summed E-state index contributed by atoms with van der Waals surface area (Å²) in [6.45, 7) is 3.94. The molecule has 0 radical (unpaired) electrons. The van der Waals surface area contributed by atoms with Crippen LogP contribution in [-0.2, 0) is 6.42 Å². The number of hydrogen-bond acceptors (Lipinski definition) is 4. The first kappa shape index (κ1) is 19.4. The number of phosphoric acid groups is 1. The van der Waals surface area contributed by atoms with Gasteiger partial charge in [0.05, 0.1) is 0 Å². The first-order chi connectivity index (χ1) is 13.3. The van der Waals surface area contributed by atoms with E-state index in [9.17, 15) is 4.89 Å². The van der Waals surface area contributed by atoms with E-state index < -0.39 is 8.17 Å². The standard InChI is InChI=1S/C21H17Cl2O4P/c1-13-3-6-19(9-14(13)2)25-28(24)26-20-7-4-17(22)11-15(20)10-16-12-18(23)5-8-21(16)27-28/h3-9,11-12H,10H2,1-2H3. The lowest BCUT2D eigenvalue weighted by Gasteiger charge is -2.28. The van der Waals surface area contributed by atoms with Crippen molar-refractivity contribution in [1.82, 2.24) is 0 Å². The van der Waals surface area contributed by atoms with Gasteiger partial charge in [-0.3, -0.25) is 13.6 Å². The van der Waals surface area contributed by atoms with Crippen molar-refractivity contribution in [3.8, 4) is 17.2 Å². The van der Waals surface area contributed by atoms with E-state index in [0.717, 1.165) is 22.3 Å². The fraction of sp³-hybridized carbons (Fsp3) is 0.143. The average molecular weight is 435 g/mol. The molecule has 7 heteroatoms. The summed E-state index contributed by atoms with van der Waals surface area (Å²) in [7, 11) is -4.02. The van der Waals surface area contributed by atoms with Crippen LogP contribution in [0.5, 0.6) is 17.2 Å². The number of phosphoric ester groups is 1. The van der Waals surface area contributed by atoms with E-state index in [1.807, 2.05) is 19.9 Å². The maximum Gasteiger partial charge on any atom is 0.517 e. The van der Waals surface area contributed by atoms with Crippen molar-refractivity contribution in [1.29, 1.82) is 0 Å². The van der Waals surface area contributed by atoms with E-state index in [0.29, 0.717) is 33.7 Å². The molecule has 0 spiro atoms. The minimum absolute atomic E-state index is 0.391. The van der Waals surface area contributed by atoms with Crippen molar-refractivity contribution < 1.29 is 18.5 Å². The third-order valence-electron chi connectivity index (χ3n) is 4.54. The molecule has 0 saturated carbocycles. The Bertz CT molecular complexity index is 1000. The lowest BCUT2D eigenvalue weighted by atomic mass is 10.0. The quantitative estimate of drug-likeness (QED) is 0.458. The van der Waals surface area contributed by atoms with Gasteiger partial charge in [0.2, 0.25) is 0 Å². The predicted octanol–water partition coefficient (Wildman–Crippen LogP) is 6.09. The van der Waals surface area contributed by atoms with Crippen LogP contribution in [0.1, 0.15) is 22.3 Å². The van der Waals surface area contributed by atoms with E-state index >= 15 is 0 Å². The van der Waals surface area contributed by atoms with Gasteiger partial charge in [-0.1, -0.05) is 29.3 Å². The van der Waals surface area contributed by atoms with E-state index in [1.54, 1.807) is 48.5 Å². The van der Waals surface area contributed by atoms with Gasteiger partial charge in [0, 0.05) is 27.6 Å². The van der Waals surface area contributed by atoms with Crippen LogP contribution >= 0.6 is 31.4 Å². The van der Waals surface area contributed by atoms with Crippen molar-refractivity contribution in [2.24, 2.45) is 0 Å². The molecule has 0 aromatic heterocycles. The molecule has 1 aliphatic rings. The van der Waals surface area contributed by atoms with Crippen LogP contribution < -0.4 is 18.5 Å². The Morgan fingerprint density at radius 3 is 1.93 bits per heavy atom. The lowest BCUT2D eigenvalue weighted by Crippen LogP contribution is -2.27. The highest BCUT2D eigenvalue weighted by Gasteiger charge is 2.41. The van der Waals surface area contributed by atoms with E-state index in [-0.39, 0.29) is 0 Å². The number of fused-ring (bicyclic) bond motifs is 2. The molecular formula is C21H17Cl2O4P. The predicted molar refractivity (Wildman–Crippen MR) is 110 cm³/mol. The Morgan fingerprint density at radius 1 is 0.821 bits per heavy atom. The summed E-state index contributed by atoms with van der Waals surface area (Å²) in [6.07, 6.45) is 0.468. The van der Waals surface area contributed by atoms with Crippen molar-refractivity contribution >= 4 is 31.4 Å². The van der Waals surface area contributed by atoms with Gasteiger partial charge in [0.15, 0.2) is 17.2 Å². The average Bonchev–Trinajstić information content (AvgIpc) is 2.62. The van der Waals surface area contributed by atoms with Crippen LogP contribution in [0, 0.1) is 13.8 Å². The van der Waals surface area contributed by atoms with Gasteiger partial charge in [0.25, 0.3) is 0 Å². The Labute approximate surface area is 174 Å². The van der Waals surface area contributed by atoms with Crippen LogP contribution in [0.2, 0.25) is 10.0 Å². The molecule has 1 aliphatic heterocycles. The summed E-state index contributed by atoms with van der Waals surface area (Å²) in [6, 6.07) is 15.6. The molecule has 3 aromatic carbocycles. The van der Waals surface area contributed by atoms with Crippen LogP contribution in [0.4, 0.5) is 0 Å². The number of rotatable bonds is 2. The van der Waals surface area contributed by atoms with Gasteiger partial charge >= 0.3 is 8.17 Å². The van der Waals surface area contributed by atoms with Gasteiger partial charge in [-0.2, -0.15) is 0 Å². The molecule has 4 nitrogen and oxygen atoms in total. The van der Waals surface area contributed by atoms with Crippen molar-refractivity contribution in [2.45, 2.75) is 20.3 Å². The molecule has 4 rings (SSSR count). The van der Waals surface area contributed by atoms with Gasteiger partial charge in [0.1, 0.15) is 0 Å². The molecule has 1 heterocycles. The number of benzene rings is 3. The molecule has 0 N–H and O–H groups in total. The molecule has 0 aliphatic carbocycles. The van der Waals surface area contributed by atoms with Gasteiger partial charge < -0.3 is 4.89 Å². The zero-order chi connectivity index (χ0) is 19.9. The molecule has 144 valence electrons. The Balaban J connectivity index is 1.79. The fourth-order valence-electron chi connectivity index (χ4n) is 2.95. The van der Waals surface area contributed by atoms with E-state index in [2.05, 4.69) is 0 Å². The first-order valence-electron chi connectivity index (χ1n) is 8.64. The third-order valence-corrected chi connectivity index (χ3v) is 6.29. The summed E-state index contributed by atoms with van der Waals surface area (Å²) in [5, 5.41) is 1.11. The van der Waals surface area contributed by atoms with Crippen LogP contribution in [0.15, 0.2) is 54.6 Å². The SMILES string of the molecule is Cc1ccc(O[P+]2([O-])Oc3ccc(Cl)cc3Cc3cc(Cl)ccc3O2)cc1C. The summed E-state index contributed by atoms with van der Waals surface area (Å²) in [5.74, 6) is 1.18. The highest BCUT2D eigenvalue weighted by Crippen LogP contribution is 2.56. The van der Waals surface area contributed by atoms with Crippen LogP contribution in [0.25, 0.3) is 0 Å². The zero-order valence-corrected chi connectivity index (χ0v) is 17.6. The summed E-state index contributed by atoms with van der Waals surface area (Å²) in [4.78, 5) is 13.5. The second-order valence-corrected chi connectivity index (χ2v) is 8.96. The zero-order valence-electron chi connectivity index (χ0n) is 15.2. The minimum atomic E-state index is -4.02. The van der Waals surface area contributed by atoms with E-state index in [4.69, 9.17) is 36.8 Å². The molecule has 0 unspecified atom stereocenters. The highest BCUT2D eigenvalue weighted by molar-refractivity contribution is 7.55. The van der Waals surface area contributed by atoms with Gasteiger partial charge in [-0.15, -0.1) is 0 Å². The summed E-state index contributed by atoms with van der Waals surface area (Å²) >= 11 is 12.3. The molecule has 28 heavy (non-hydrogen) atoms. The van der Waals surface area contributed by atoms with Crippen LogP contribution in [0.3, 0.4) is 0 Å². The fourth-order valence-corrected chi connectivity index (χ4v) is 4.66. The maximum atomic E-state index is 13.5. The Morgan fingerprint density at radius 2 is 1.39 bits per heavy atom. The summed E-state index contributed by atoms with van der Waals surface area (Å²) < 4.78 is 17.3. The van der Waals surface area contributed by atoms with Gasteiger partial charge in [-0.25, -0.2) is 0 Å². The number of hydrogen-bond donors (Lipinski definition) is 0.